The fraction of sp³-hybridized carbons (Fsp3) is 0.562. The van der Waals surface area contributed by atoms with Gasteiger partial charge in [-0.15, -0.1) is 0 Å². The fourth-order valence-electron chi connectivity index (χ4n) is 4.37. The molecule has 0 radical (unpaired) electrons. The summed E-state index contributed by atoms with van der Waals surface area (Å²) in [5.41, 5.74) is 1.33. The molecule has 100 valence electrons. The normalized spacial score (nSPS) is 40.6. The number of rotatable bonds is 1. The van der Waals surface area contributed by atoms with Gasteiger partial charge in [-0.1, -0.05) is 30.3 Å². The first-order valence-corrected chi connectivity index (χ1v) is 7.41. The molecule has 1 amide bonds. The third-order valence-corrected chi connectivity index (χ3v) is 5.24. The Kier molecular flexibility index (Phi) is 2.62. The Morgan fingerprint density at radius 3 is 2.58 bits per heavy atom. The molecule has 0 aromatic heterocycles. The van der Waals surface area contributed by atoms with Crippen molar-refractivity contribution < 1.29 is 4.79 Å². The lowest BCUT2D eigenvalue weighted by molar-refractivity contribution is -0.130. The average Bonchev–Trinajstić information content (AvgIpc) is 2.48. The molecule has 1 aromatic carbocycles. The van der Waals surface area contributed by atoms with Crippen LogP contribution in [0.2, 0.25) is 0 Å². The first-order chi connectivity index (χ1) is 9.33. The van der Waals surface area contributed by atoms with E-state index in [0.29, 0.717) is 30.3 Å². The zero-order valence-corrected chi connectivity index (χ0v) is 11.1. The molecule has 4 saturated heterocycles. The summed E-state index contributed by atoms with van der Waals surface area (Å²) in [5.74, 6) is 1.32. The third-order valence-electron chi connectivity index (χ3n) is 5.24. The molecule has 3 nitrogen and oxygen atoms in total. The van der Waals surface area contributed by atoms with E-state index in [1.165, 1.54) is 31.5 Å². The summed E-state index contributed by atoms with van der Waals surface area (Å²) in [5, 5.41) is 3.27. The van der Waals surface area contributed by atoms with Crippen molar-refractivity contribution in [1.29, 1.82) is 0 Å². The minimum absolute atomic E-state index is 0.240. The number of piperidine rings is 4. The topological polar surface area (TPSA) is 32.3 Å². The van der Waals surface area contributed by atoms with E-state index in [2.05, 4.69) is 40.5 Å². The van der Waals surface area contributed by atoms with Crippen LogP contribution < -0.4 is 5.32 Å². The number of carbonyl (C=O) groups excluding carboxylic acids is 1. The highest BCUT2D eigenvalue weighted by Gasteiger charge is 2.49. The Morgan fingerprint density at radius 1 is 1.11 bits per heavy atom. The van der Waals surface area contributed by atoms with Gasteiger partial charge in [-0.05, 0) is 37.4 Å². The van der Waals surface area contributed by atoms with Gasteiger partial charge in [0.25, 0.3) is 0 Å². The molecular formula is C16H20N2O. The van der Waals surface area contributed by atoms with Crippen LogP contribution in [0.25, 0.3) is 0 Å². The van der Waals surface area contributed by atoms with Crippen LogP contribution in [0.5, 0.6) is 0 Å². The van der Waals surface area contributed by atoms with Crippen LogP contribution in [0.4, 0.5) is 0 Å². The van der Waals surface area contributed by atoms with Crippen LogP contribution >= 0.6 is 0 Å². The minimum Gasteiger partial charge on any atom is -0.351 e. The number of nitrogens with zero attached hydrogens (tertiary/aromatic N) is 1. The molecule has 19 heavy (non-hydrogen) atoms. The van der Waals surface area contributed by atoms with E-state index in [4.69, 9.17) is 0 Å². The first-order valence-electron chi connectivity index (χ1n) is 7.41. The van der Waals surface area contributed by atoms with Gasteiger partial charge in [0, 0.05) is 24.4 Å². The highest BCUT2D eigenvalue weighted by molar-refractivity contribution is 5.79. The van der Waals surface area contributed by atoms with Gasteiger partial charge in [0.2, 0.25) is 5.91 Å². The van der Waals surface area contributed by atoms with Crippen LogP contribution in [0, 0.1) is 5.92 Å². The summed E-state index contributed by atoms with van der Waals surface area (Å²) >= 11 is 0. The minimum atomic E-state index is 0.240. The van der Waals surface area contributed by atoms with Gasteiger partial charge in [-0.2, -0.15) is 0 Å². The average molecular weight is 256 g/mol. The van der Waals surface area contributed by atoms with E-state index in [-0.39, 0.29) is 5.91 Å². The second kappa shape index (κ2) is 4.34. The lowest BCUT2D eigenvalue weighted by atomic mass is 9.69. The van der Waals surface area contributed by atoms with Gasteiger partial charge in [0.15, 0.2) is 0 Å². The van der Waals surface area contributed by atoms with E-state index in [9.17, 15) is 4.79 Å². The molecule has 0 spiro atoms. The number of hydrogen-bond donors (Lipinski definition) is 1. The summed E-state index contributed by atoms with van der Waals surface area (Å²) in [6.45, 7) is 2.43. The second-order valence-corrected chi connectivity index (χ2v) is 6.18. The van der Waals surface area contributed by atoms with Gasteiger partial charge in [-0.3, -0.25) is 9.69 Å². The zero-order chi connectivity index (χ0) is 12.8. The number of hydrogen-bond acceptors (Lipinski definition) is 2. The van der Waals surface area contributed by atoms with E-state index in [1.54, 1.807) is 0 Å². The molecule has 1 N–H and O–H groups in total. The highest BCUT2D eigenvalue weighted by atomic mass is 16.1. The number of amides is 1. The Labute approximate surface area is 114 Å². The van der Waals surface area contributed by atoms with Crippen LogP contribution in [-0.2, 0) is 4.79 Å². The van der Waals surface area contributed by atoms with Crippen molar-refractivity contribution in [2.24, 2.45) is 5.92 Å². The largest absolute Gasteiger partial charge is 0.351 e. The summed E-state index contributed by atoms with van der Waals surface area (Å²) < 4.78 is 0. The third kappa shape index (κ3) is 1.79. The molecule has 0 saturated carbocycles. The Hall–Kier alpha value is -1.35. The molecule has 2 bridgehead atoms. The fourth-order valence-corrected chi connectivity index (χ4v) is 4.37. The maximum atomic E-state index is 12.0. The van der Waals surface area contributed by atoms with Gasteiger partial charge in [0.1, 0.15) is 0 Å². The molecule has 3 heteroatoms. The summed E-state index contributed by atoms with van der Waals surface area (Å²) in [7, 11) is 0. The maximum absolute atomic E-state index is 12.0. The molecule has 0 aliphatic carbocycles. The van der Waals surface area contributed by atoms with Crippen molar-refractivity contribution in [3.63, 3.8) is 0 Å². The first kappa shape index (κ1) is 11.5. The van der Waals surface area contributed by atoms with E-state index in [1.807, 2.05) is 0 Å². The smallest absolute Gasteiger partial charge is 0.220 e. The predicted octanol–water partition coefficient (Wildman–Crippen LogP) is 1.75. The Bertz CT molecular complexity index is 479. The molecule has 5 rings (SSSR count). The number of carbonyl (C=O) groups is 1. The SMILES string of the molecule is O=C1C[C@H](c2ccccc2)[C@H]2[C@@H](N1)C1CCN2CC1. The van der Waals surface area contributed by atoms with Gasteiger partial charge >= 0.3 is 0 Å². The quantitative estimate of drug-likeness (QED) is 0.830. The maximum Gasteiger partial charge on any atom is 0.220 e. The van der Waals surface area contributed by atoms with Crippen molar-refractivity contribution in [3.05, 3.63) is 35.9 Å². The summed E-state index contributed by atoms with van der Waals surface area (Å²) in [6.07, 6.45) is 3.15. The Balaban J connectivity index is 1.71. The molecular weight excluding hydrogens is 236 g/mol. The molecule has 0 unspecified atom stereocenters. The lowest BCUT2D eigenvalue weighted by Crippen LogP contribution is -2.68. The molecule has 4 heterocycles. The zero-order valence-electron chi connectivity index (χ0n) is 11.1. The van der Waals surface area contributed by atoms with Crippen molar-refractivity contribution >= 4 is 5.91 Å². The van der Waals surface area contributed by atoms with Crippen LogP contribution in [0.15, 0.2) is 30.3 Å². The molecule has 4 aliphatic rings. The van der Waals surface area contributed by atoms with Crippen LogP contribution in [0.1, 0.15) is 30.7 Å². The monoisotopic (exact) mass is 256 g/mol. The van der Waals surface area contributed by atoms with Gasteiger partial charge in [-0.25, -0.2) is 0 Å². The van der Waals surface area contributed by atoms with Crippen molar-refractivity contribution in [3.8, 4) is 0 Å². The lowest BCUT2D eigenvalue weighted by Gasteiger charge is -2.55. The number of nitrogens with one attached hydrogen (secondary N) is 1. The second-order valence-electron chi connectivity index (χ2n) is 6.18. The van der Waals surface area contributed by atoms with Crippen molar-refractivity contribution in [1.82, 2.24) is 10.2 Å². The summed E-state index contributed by atoms with van der Waals surface area (Å²) in [6, 6.07) is 11.5. The predicted molar refractivity (Wildman–Crippen MR) is 73.8 cm³/mol. The molecule has 4 aliphatic heterocycles. The standard InChI is InChI=1S/C16H20N2O/c19-14-10-13(11-4-2-1-3-5-11)16-15(17-14)12-6-8-18(16)9-7-12/h1-5,12-13,15-16H,6-10H2,(H,17,19)/t13-,15+,16+/m1/s1. The number of benzene rings is 1. The highest BCUT2D eigenvalue weighted by Crippen LogP contribution is 2.42. The van der Waals surface area contributed by atoms with Gasteiger partial charge in [0.05, 0.1) is 0 Å². The van der Waals surface area contributed by atoms with Crippen molar-refractivity contribution in [2.75, 3.05) is 13.1 Å². The molecule has 1 aromatic rings. The van der Waals surface area contributed by atoms with Gasteiger partial charge < -0.3 is 5.32 Å². The van der Waals surface area contributed by atoms with Crippen molar-refractivity contribution in [2.45, 2.75) is 37.3 Å². The molecule has 3 atom stereocenters. The van der Waals surface area contributed by atoms with Crippen LogP contribution in [0.3, 0.4) is 0 Å². The Morgan fingerprint density at radius 2 is 1.84 bits per heavy atom. The number of fused-ring (bicyclic) bond motifs is 2. The van der Waals surface area contributed by atoms with E-state index >= 15 is 0 Å². The molecule has 4 fully saturated rings. The van der Waals surface area contributed by atoms with E-state index in [0.717, 1.165) is 0 Å². The summed E-state index contributed by atoms with van der Waals surface area (Å²) in [4.78, 5) is 14.7. The van der Waals surface area contributed by atoms with Crippen LogP contribution in [-0.4, -0.2) is 36.0 Å². The van der Waals surface area contributed by atoms with E-state index < -0.39 is 0 Å².